The molecule has 2 rings (SSSR count). The van der Waals surface area contributed by atoms with Gasteiger partial charge in [-0.1, -0.05) is 26.1 Å². The van der Waals surface area contributed by atoms with Crippen molar-refractivity contribution in [1.82, 2.24) is 4.98 Å². The Morgan fingerprint density at radius 3 is 2.62 bits per heavy atom. The third kappa shape index (κ3) is 2.02. The van der Waals surface area contributed by atoms with E-state index < -0.39 is 0 Å². The highest BCUT2D eigenvalue weighted by Gasteiger charge is 2.27. The molecule has 0 radical (unpaired) electrons. The maximum atomic E-state index is 5.69. The minimum Gasteiger partial charge on any atom is -0.388 e. The van der Waals surface area contributed by atoms with Crippen LogP contribution < -0.4 is 10.6 Å². The van der Waals surface area contributed by atoms with Crippen LogP contribution >= 0.6 is 12.2 Å². The molecule has 0 spiro atoms. The van der Waals surface area contributed by atoms with Crippen molar-refractivity contribution in [3.63, 3.8) is 0 Å². The van der Waals surface area contributed by atoms with Crippen molar-refractivity contribution in [3.05, 3.63) is 24.0 Å². The number of hydrogen-bond donors (Lipinski definition) is 1. The normalized spacial score (nSPS) is 24.8. The molecule has 2 atom stereocenters. The zero-order valence-corrected chi connectivity index (χ0v) is 10.5. The Morgan fingerprint density at radius 2 is 2.06 bits per heavy atom. The van der Waals surface area contributed by atoms with Crippen LogP contribution in [0.2, 0.25) is 0 Å². The summed E-state index contributed by atoms with van der Waals surface area (Å²) in [5, 5.41) is 0. The summed E-state index contributed by atoms with van der Waals surface area (Å²) in [4.78, 5) is 6.97. The second kappa shape index (κ2) is 4.37. The lowest BCUT2D eigenvalue weighted by molar-refractivity contribution is 0.494. The highest BCUT2D eigenvalue weighted by atomic mass is 32.1. The Labute approximate surface area is 102 Å². The number of nitrogens with two attached hydrogens (primary N) is 1. The smallest absolute Gasteiger partial charge is 0.124 e. The van der Waals surface area contributed by atoms with Crippen molar-refractivity contribution in [2.75, 3.05) is 18.0 Å². The van der Waals surface area contributed by atoms with Gasteiger partial charge in [-0.2, -0.15) is 0 Å². The molecule has 86 valence electrons. The van der Waals surface area contributed by atoms with Gasteiger partial charge < -0.3 is 10.6 Å². The van der Waals surface area contributed by atoms with E-state index in [0.717, 1.165) is 24.5 Å². The molecule has 0 amide bonds. The topological polar surface area (TPSA) is 42.2 Å². The number of aromatic nitrogens is 1. The van der Waals surface area contributed by atoms with Gasteiger partial charge in [-0.15, -0.1) is 0 Å². The molecule has 1 aromatic heterocycles. The number of hydrogen-bond acceptors (Lipinski definition) is 3. The monoisotopic (exact) mass is 235 g/mol. The fraction of sp³-hybridized carbons (Fsp3) is 0.500. The van der Waals surface area contributed by atoms with E-state index in [9.17, 15) is 0 Å². The minimum atomic E-state index is 0.378. The zero-order chi connectivity index (χ0) is 11.7. The van der Waals surface area contributed by atoms with E-state index >= 15 is 0 Å². The van der Waals surface area contributed by atoms with Crippen molar-refractivity contribution in [1.29, 1.82) is 0 Å². The molecule has 2 heterocycles. The Balaban J connectivity index is 2.31. The van der Waals surface area contributed by atoms with Crippen LogP contribution in [0.25, 0.3) is 0 Å². The van der Waals surface area contributed by atoms with E-state index in [4.69, 9.17) is 18.0 Å². The SMILES string of the molecule is CC1CN(c2cccnc2C(N)=S)CC1C. The van der Waals surface area contributed by atoms with Gasteiger partial charge in [0.05, 0.1) is 5.69 Å². The second-order valence-electron chi connectivity index (χ2n) is 4.59. The van der Waals surface area contributed by atoms with Gasteiger partial charge in [0.1, 0.15) is 10.7 Å². The number of pyridine rings is 1. The summed E-state index contributed by atoms with van der Waals surface area (Å²) in [7, 11) is 0. The zero-order valence-electron chi connectivity index (χ0n) is 9.68. The lowest BCUT2D eigenvalue weighted by Crippen LogP contribution is -2.24. The summed E-state index contributed by atoms with van der Waals surface area (Å²) in [6.45, 7) is 6.67. The molecule has 0 saturated carbocycles. The van der Waals surface area contributed by atoms with Gasteiger partial charge >= 0.3 is 0 Å². The van der Waals surface area contributed by atoms with Gasteiger partial charge in [0.2, 0.25) is 0 Å². The Morgan fingerprint density at radius 1 is 1.44 bits per heavy atom. The standard InChI is InChI=1S/C12H17N3S/c1-8-6-15(7-9(8)2)10-4-3-5-14-11(10)12(13)16/h3-5,8-9H,6-7H2,1-2H3,(H2,13,16). The first-order chi connectivity index (χ1) is 7.59. The summed E-state index contributed by atoms with van der Waals surface area (Å²) in [5.41, 5.74) is 7.52. The van der Waals surface area contributed by atoms with Crippen LogP contribution in [0.1, 0.15) is 19.5 Å². The highest BCUT2D eigenvalue weighted by molar-refractivity contribution is 7.80. The Kier molecular flexibility index (Phi) is 3.10. The molecule has 1 fully saturated rings. The van der Waals surface area contributed by atoms with Crippen LogP contribution in [0.5, 0.6) is 0 Å². The van der Waals surface area contributed by atoms with Crippen molar-refractivity contribution in [2.45, 2.75) is 13.8 Å². The molecule has 4 heteroatoms. The molecule has 2 unspecified atom stereocenters. The third-order valence-corrected chi connectivity index (χ3v) is 3.54. The molecule has 1 saturated heterocycles. The fourth-order valence-electron chi connectivity index (χ4n) is 2.17. The fourth-order valence-corrected chi connectivity index (χ4v) is 2.33. The molecule has 0 aromatic carbocycles. The maximum Gasteiger partial charge on any atom is 0.124 e. The average molecular weight is 235 g/mol. The second-order valence-corrected chi connectivity index (χ2v) is 5.03. The first-order valence-corrected chi connectivity index (χ1v) is 6.00. The van der Waals surface area contributed by atoms with Crippen LogP contribution in [0, 0.1) is 11.8 Å². The number of thiocarbonyl (C=S) groups is 1. The Hall–Kier alpha value is -1.16. The third-order valence-electron chi connectivity index (χ3n) is 3.35. The van der Waals surface area contributed by atoms with E-state index in [2.05, 4.69) is 23.7 Å². The van der Waals surface area contributed by atoms with Gasteiger partial charge in [-0.25, -0.2) is 0 Å². The predicted octanol–water partition coefficient (Wildman–Crippen LogP) is 1.81. The summed E-state index contributed by atoms with van der Waals surface area (Å²) < 4.78 is 0. The summed E-state index contributed by atoms with van der Waals surface area (Å²) in [5.74, 6) is 1.42. The summed E-state index contributed by atoms with van der Waals surface area (Å²) >= 11 is 5.03. The Bertz CT molecular complexity index is 395. The van der Waals surface area contributed by atoms with E-state index in [-0.39, 0.29) is 0 Å². The molecule has 1 aliphatic rings. The average Bonchev–Trinajstić information content (AvgIpc) is 2.59. The molecule has 3 nitrogen and oxygen atoms in total. The van der Waals surface area contributed by atoms with Crippen LogP contribution in [0.15, 0.2) is 18.3 Å². The van der Waals surface area contributed by atoms with Crippen LogP contribution in [-0.2, 0) is 0 Å². The maximum absolute atomic E-state index is 5.69. The van der Waals surface area contributed by atoms with Gasteiger partial charge in [-0.3, -0.25) is 4.98 Å². The lowest BCUT2D eigenvalue weighted by Gasteiger charge is -2.20. The predicted molar refractivity (Wildman–Crippen MR) is 70.7 cm³/mol. The lowest BCUT2D eigenvalue weighted by atomic mass is 10.0. The first-order valence-electron chi connectivity index (χ1n) is 5.59. The van der Waals surface area contributed by atoms with Crippen molar-refractivity contribution < 1.29 is 0 Å². The molecule has 1 aromatic rings. The van der Waals surface area contributed by atoms with Gasteiger partial charge in [0, 0.05) is 19.3 Å². The van der Waals surface area contributed by atoms with Gasteiger partial charge in [-0.05, 0) is 24.0 Å². The van der Waals surface area contributed by atoms with Crippen LogP contribution in [0.3, 0.4) is 0 Å². The van der Waals surface area contributed by atoms with Gasteiger partial charge in [0.25, 0.3) is 0 Å². The minimum absolute atomic E-state index is 0.378. The summed E-state index contributed by atoms with van der Waals surface area (Å²) in [6.07, 6.45) is 1.74. The van der Waals surface area contributed by atoms with Gasteiger partial charge in [0.15, 0.2) is 0 Å². The highest BCUT2D eigenvalue weighted by Crippen LogP contribution is 2.29. The van der Waals surface area contributed by atoms with Crippen molar-refractivity contribution >= 4 is 22.9 Å². The molecular weight excluding hydrogens is 218 g/mol. The number of rotatable bonds is 2. The van der Waals surface area contributed by atoms with E-state index in [1.54, 1.807) is 6.20 Å². The van der Waals surface area contributed by atoms with E-state index in [1.807, 2.05) is 12.1 Å². The van der Waals surface area contributed by atoms with E-state index in [1.165, 1.54) is 0 Å². The number of nitrogens with zero attached hydrogens (tertiary/aromatic N) is 2. The largest absolute Gasteiger partial charge is 0.388 e. The van der Waals surface area contributed by atoms with E-state index in [0.29, 0.717) is 16.8 Å². The molecule has 0 aliphatic carbocycles. The molecular formula is C12H17N3S. The van der Waals surface area contributed by atoms with Crippen LogP contribution in [-0.4, -0.2) is 23.1 Å². The van der Waals surface area contributed by atoms with Crippen molar-refractivity contribution in [3.8, 4) is 0 Å². The summed E-state index contributed by atoms with van der Waals surface area (Å²) in [6, 6.07) is 3.98. The molecule has 2 N–H and O–H groups in total. The van der Waals surface area contributed by atoms with Crippen LogP contribution in [0.4, 0.5) is 5.69 Å². The first kappa shape index (κ1) is 11.3. The molecule has 1 aliphatic heterocycles. The molecule has 0 bridgehead atoms. The molecule has 16 heavy (non-hydrogen) atoms. The quantitative estimate of drug-likeness (QED) is 0.794. The van der Waals surface area contributed by atoms with Crippen molar-refractivity contribution in [2.24, 2.45) is 17.6 Å². The number of anilines is 1.